The van der Waals surface area contributed by atoms with Crippen molar-refractivity contribution in [3.63, 3.8) is 0 Å². The molecule has 1 atom stereocenters. The van der Waals surface area contributed by atoms with Crippen LogP contribution in [-0.4, -0.2) is 11.0 Å². The van der Waals surface area contributed by atoms with E-state index in [1.807, 2.05) is 25.1 Å². The largest absolute Gasteiger partial charge is 0.327 e. The van der Waals surface area contributed by atoms with E-state index in [9.17, 15) is 4.39 Å². The highest BCUT2D eigenvalue weighted by atomic mass is 32.2. The van der Waals surface area contributed by atoms with Crippen LogP contribution in [0.1, 0.15) is 18.9 Å². The number of hydrogen-bond acceptors (Lipinski definition) is 3. The summed E-state index contributed by atoms with van der Waals surface area (Å²) in [4.78, 5) is 5.29. The Morgan fingerprint density at radius 2 is 2.16 bits per heavy atom. The molecule has 1 heterocycles. The van der Waals surface area contributed by atoms with Gasteiger partial charge in [0.25, 0.3) is 0 Å². The number of hydrogen-bond donors (Lipinski definition) is 1. The predicted octanol–water partition coefficient (Wildman–Crippen LogP) is 3.65. The third-order valence-corrected chi connectivity index (χ3v) is 3.95. The maximum absolute atomic E-state index is 13.4. The van der Waals surface area contributed by atoms with Crippen LogP contribution < -0.4 is 5.73 Å². The van der Waals surface area contributed by atoms with Crippen LogP contribution in [0.4, 0.5) is 4.39 Å². The fraction of sp³-hybridized carbons (Fsp3) is 0.267. The summed E-state index contributed by atoms with van der Waals surface area (Å²) in [7, 11) is 0. The van der Waals surface area contributed by atoms with Gasteiger partial charge in [0.05, 0.1) is 0 Å². The third-order valence-electron chi connectivity index (χ3n) is 2.88. The maximum Gasteiger partial charge on any atom is 0.123 e. The van der Waals surface area contributed by atoms with Crippen molar-refractivity contribution in [2.75, 3.05) is 0 Å². The first-order valence-electron chi connectivity index (χ1n) is 6.32. The second-order valence-corrected chi connectivity index (χ2v) is 5.46. The first kappa shape index (κ1) is 14.0. The van der Waals surface area contributed by atoms with Crippen LogP contribution in [0.25, 0.3) is 0 Å². The van der Waals surface area contributed by atoms with E-state index in [0.717, 1.165) is 21.9 Å². The average Bonchev–Trinajstić information content (AvgIpc) is 2.43. The molecule has 0 aliphatic rings. The molecule has 0 amide bonds. The molecule has 0 aliphatic carbocycles. The van der Waals surface area contributed by atoms with Gasteiger partial charge in [-0.1, -0.05) is 24.8 Å². The Balaban J connectivity index is 2.24. The molecule has 0 fully saturated rings. The van der Waals surface area contributed by atoms with Crippen molar-refractivity contribution in [3.05, 3.63) is 54.0 Å². The van der Waals surface area contributed by atoms with Gasteiger partial charge in [0, 0.05) is 17.1 Å². The normalized spacial score (nSPS) is 12.4. The lowest BCUT2D eigenvalue weighted by Gasteiger charge is -2.13. The summed E-state index contributed by atoms with van der Waals surface area (Å²) >= 11 is 1.54. The molecule has 0 saturated heterocycles. The fourth-order valence-electron chi connectivity index (χ4n) is 1.75. The zero-order valence-corrected chi connectivity index (χ0v) is 11.7. The zero-order valence-electron chi connectivity index (χ0n) is 10.8. The number of nitrogens with two attached hydrogens (primary N) is 1. The van der Waals surface area contributed by atoms with E-state index in [0.29, 0.717) is 6.42 Å². The molecule has 2 rings (SSSR count). The maximum atomic E-state index is 13.4. The van der Waals surface area contributed by atoms with Gasteiger partial charge in [-0.05, 0) is 48.7 Å². The van der Waals surface area contributed by atoms with Crippen molar-refractivity contribution < 1.29 is 4.39 Å². The van der Waals surface area contributed by atoms with E-state index in [2.05, 4.69) is 4.98 Å². The summed E-state index contributed by atoms with van der Waals surface area (Å²) in [5, 5.41) is 0.903. The Kier molecular flexibility index (Phi) is 4.93. The van der Waals surface area contributed by atoms with Crippen LogP contribution in [0.15, 0.2) is 52.5 Å². The molecule has 2 N–H and O–H groups in total. The molecule has 100 valence electrons. The first-order valence-corrected chi connectivity index (χ1v) is 7.13. The van der Waals surface area contributed by atoms with Crippen LogP contribution in [0.3, 0.4) is 0 Å². The van der Waals surface area contributed by atoms with Gasteiger partial charge < -0.3 is 5.73 Å². The quantitative estimate of drug-likeness (QED) is 0.906. The average molecular weight is 276 g/mol. The molecule has 1 aromatic carbocycles. The Hall–Kier alpha value is -1.39. The molecule has 0 bridgehead atoms. The molecule has 0 radical (unpaired) electrons. The Morgan fingerprint density at radius 1 is 1.32 bits per heavy atom. The number of halogens is 1. The van der Waals surface area contributed by atoms with Crippen LogP contribution in [0, 0.1) is 5.82 Å². The molecule has 2 nitrogen and oxygen atoms in total. The van der Waals surface area contributed by atoms with Crippen LogP contribution in [0.2, 0.25) is 0 Å². The van der Waals surface area contributed by atoms with Crippen molar-refractivity contribution in [1.29, 1.82) is 0 Å². The summed E-state index contributed by atoms with van der Waals surface area (Å²) in [6.45, 7) is 2.04. The molecular formula is C15H17FN2S. The zero-order chi connectivity index (χ0) is 13.7. The topological polar surface area (TPSA) is 38.9 Å². The van der Waals surface area contributed by atoms with Gasteiger partial charge in [0.15, 0.2) is 0 Å². The number of pyridine rings is 1. The van der Waals surface area contributed by atoms with E-state index in [1.54, 1.807) is 30.1 Å². The summed E-state index contributed by atoms with van der Waals surface area (Å²) < 4.78 is 13.4. The second-order valence-electron chi connectivity index (χ2n) is 4.39. The summed E-state index contributed by atoms with van der Waals surface area (Å²) in [5.74, 6) is -0.219. The highest BCUT2D eigenvalue weighted by molar-refractivity contribution is 7.99. The lowest BCUT2D eigenvalue weighted by Crippen LogP contribution is -2.21. The highest BCUT2D eigenvalue weighted by Crippen LogP contribution is 2.30. The molecule has 1 aromatic heterocycles. The molecule has 4 heteroatoms. The lowest BCUT2D eigenvalue weighted by atomic mass is 10.0. The summed E-state index contributed by atoms with van der Waals surface area (Å²) in [5.41, 5.74) is 6.92. The molecular weight excluding hydrogens is 259 g/mol. The molecule has 0 saturated carbocycles. The Labute approximate surface area is 117 Å². The van der Waals surface area contributed by atoms with Gasteiger partial charge in [-0.15, -0.1) is 0 Å². The third kappa shape index (κ3) is 4.04. The monoisotopic (exact) mass is 276 g/mol. The van der Waals surface area contributed by atoms with Crippen LogP contribution in [-0.2, 0) is 6.42 Å². The number of nitrogens with zero attached hydrogens (tertiary/aromatic N) is 1. The van der Waals surface area contributed by atoms with E-state index in [4.69, 9.17) is 5.73 Å². The van der Waals surface area contributed by atoms with Gasteiger partial charge in [0.2, 0.25) is 0 Å². The van der Waals surface area contributed by atoms with Crippen molar-refractivity contribution in [3.8, 4) is 0 Å². The highest BCUT2D eigenvalue weighted by Gasteiger charge is 2.10. The number of benzene rings is 1. The van der Waals surface area contributed by atoms with Crippen molar-refractivity contribution >= 4 is 11.8 Å². The van der Waals surface area contributed by atoms with Crippen molar-refractivity contribution in [1.82, 2.24) is 4.98 Å². The first-order chi connectivity index (χ1) is 9.19. The molecule has 0 aliphatic heterocycles. The van der Waals surface area contributed by atoms with E-state index in [1.165, 1.54) is 6.07 Å². The fourth-order valence-corrected chi connectivity index (χ4v) is 2.65. The van der Waals surface area contributed by atoms with E-state index in [-0.39, 0.29) is 11.9 Å². The molecule has 1 unspecified atom stereocenters. The number of aromatic nitrogens is 1. The SMILES string of the molecule is CCC(N)Cc1cc(F)ccc1Sc1ccccn1. The minimum Gasteiger partial charge on any atom is -0.327 e. The predicted molar refractivity (Wildman–Crippen MR) is 76.7 cm³/mol. The van der Waals surface area contributed by atoms with Gasteiger partial charge in [-0.2, -0.15) is 0 Å². The van der Waals surface area contributed by atoms with Gasteiger partial charge in [-0.25, -0.2) is 9.37 Å². The van der Waals surface area contributed by atoms with Crippen molar-refractivity contribution in [2.24, 2.45) is 5.73 Å². The minimum absolute atomic E-state index is 0.0601. The Bertz CT molecular complexity index is 531. The van der Waals surface area contributed by atoms with E-state index < -0.39 is 0 Å². The van der Waals surface area contributed by atoms with Gasteiger partial charge in [0.1, 0.15) is 10.8 Å². The second kappa shape index (κ2) is 6.68. The minimum atomic E-state index is -0.219. The summed E-state index contributed by atoms with van der Waals surface area (Å²) in [6, 6.07) is 10.7. The van der Waals surface area contributed by atoms with Crippen molar-refractivity contribution in [2.45, 2.75) is 35.7 Å². The molecule has 2 aromatic rings. The lowest BCUT2D eigenvalue weighted by molar-refractivity contribution is 0.609. The van der Waals surface area contributed by atoms with E-state index >= 15 is 0 Å². The molecule has 0 spiro atoms. The Morgan fingerprint density at radius 3 is 2.84 bits per heavy atom. The van der Waals surface area contributed by atoms with Crippen LogP contribution >= 0.6 is 11.8 Å². The van der Waals surface area contributed by atoms with Crippen LogP contribution in [0.5, 0.6) is 0 Å². The number of rotatable bonds is 5. The summed E-state index contributed by atoms with van der Waals surface area (Å²) in [6.07, 6.45) is 3.32. The standard InChI is InChI=1S/C15H17FN2S/c1-2-13(17)10-11-9-12(16)6-7-14(11)19-15-5-3-4-8-18-15/h3-9,13H,2,10,17H2,1H3. The van der Waals surface area contributed by atoms with Gasteiger partial charge in [-0.3, -0.25) is 0 Å². The smallest absolute Gasteiger partial charge is 0.123 e. The van der Waals surface area contributed by atoms with Gasteiger partial charge >= 0.3 is 0 Å². The molecule has 19 heavy (non-hydrogen) atoms.